The fraction of sp³-hybridized carbons (Fsp3) is 0.318. The van der Waals surface area contributed by atoms with Crippen molar-refractivity contribution in [3.05, 3.63) is 65.7 Å². The van der Waals surface area contributed by atoms with Crippen molar-refractivity contribution in [2.24, 2.45) is 11.8 Å². The molecule has 0 spiro atoms. The van der Waals surface area contributed by atoms with Gasteiger partial charge >= 0.3 is 5.97 Å². The molecule has 2 saturated heterocycles. The topological polar surface area (TPSA) is 95.9 Å². The summed E-state index contributed by atoms with van der Waals surface area (Å²) in [5.74, 6) is -2.94. The summed E-state index contributed by atoms with van der Waals surface area (Å²) in [5, 5.41) is 12.9. The molecule has 2 aromatic carbocycles. The van der Waals surface area contributed by atoms with E-state index < -0.39 is 35.3 Å². The molecule has 0 saturated carbocycles. The van der Waals surface area contributed by atoms with E-state index in [1.54, 1.807) is 43.3 Å². The summed E-state index contributed by atoms with van der Waals surface area (Å²) in [6.45, 7) is 1.85. The van der Waals surface area contributed by atoms with Gasteiger partial charge in [-0.25, -0.2) is 4.79 Å². The summed E-state index contributed by atoms with van der Waals surface area (Å²) in [4.78, 5) is 40.5. The lowest BCUT2D eigenvalue weighted by molar-refractivity contribution is -0.156. The number of phenolic OH excluding ortho intramolecular Hbond substituents is 1. The van der Waals surface area contributed by atoms with Crippen LogP contribution in [0, 0.1) is 11.8 Å². The van der Waals surface area contributed by atoms with E-state index in [2.05, 4.69) is 5.32 Å². The van der Waals surface area contributed by atoms with Gasteiger partial charge in [0.05, 0.1) is 18.4 Å². The number of nitrogens with zero attached hydrogens (tertiary/aromatic N) is 1. The van der Waals surface area contributed by atoms with Crippen LogP contribution in [0.2, 0.25) is 0 Å². The zero-order valence-corrected chi connectivity index (χ0v) is 16.2. The van der Waals surface area contributed by atoms with Crippen molar-refractivity contribution < 1.29 is 24.2 Å². The number of likely N-dealkylation sites (tertiary alicyclic amines) is 1. The van der Waals surface area contributed by atoms with Gasteiger partial charge in [0.25, 0.3) is 0 Å². The van der Waals surface area contributed by atoms with E-state index in [0.717, 1.165) is 4.90 Å². The lowest BCUT2D eigenvalue weighted by Gasteiger charge is -2.33. The van der Waals surface area contributed by atoms with E-state index >= 15 is 0 Å². The Balaban J connectivity index is 1.93. The van der Waals surface area contributed by atoms with Crippen molar-refractivity contribution in [2.75, 3.05) is 13.7 Å². The molecule has 0 aliphatic carbocycles. The Kier molecular flexibility index (Phi) is 4.62. The number of rotatable bonds is 4. The maximum Gasteiger partial charge on any atom is 0.331 e. The molecule has 150 valence electrons. The summed E-state index contributed by atoms with van der Waals surface area (Å²) in [7, 11) is 1.44. The first-order valence-electron chi connectivity index (χ1n) is 9.52. The summed E-state index contributed by atoms with van der Waals surface area (Å²) in [6.07, 6.45) is 0. The van der Waals surface area contributed by atoms with E-state index in [4.69, 9.17) is 4.74 Å². The summed E-state index contributed by atoms with van der Waals surface area (Å²) >= 11 is 0. The molecule has 2 aromatic rings. The molecule has 2 aliphatic rings. The largest absolute Gasteiger partial charge is 0.508 e. The van der Waals surface area contributed by atoms with E-state index in [9.17, 15) is 19.5 Å². The third-order valence-corrected chi connectivity index (χ3v) is 5.86. The molecule has 7 heteroatoms. The second-order valence-corrected chi connectivity index (χ2v) is 7.35. The van der Waals surface area contributed by atoms with E-state index in [1.165, 1.54) is 19.2 Å². The standard InChI is InChI=1S/C22H22N2O5/c1-3-29-21(28)22(14-7-5-4-6-8-14)17-16(19(26)24(2)20(17)27)18(23-22)13-9-11-15(25)12-10-13/h4-12,16-18,23,25H,3H2,1-2H3/t16-,17+,18+,22+/m0/s1. The molecular formula is C22H22N2O5. The van der Waals surface area contributed by atoms with E-state index in [-0.39, 0.29) is 18.3 Å². The molecule has 4 rings (SSSR count). The zero-order valence-electron chi connectivity index (χ0n) is 16.2. The highest BCUT2D eigenvalue weighted by Gasteiger charge is 2.69. The smallest absolute Gasteiger partial charge is 0.331 e. The third-order valence-electron chi connectivity index (χ3n) is 5.86. The van der Waals surface area contributed by atoms with Crippen molar-refractivity contribution >= 4 is 17.8 Å². The van der Waals surface area contributed by atoms with Gasteiger partial charge < -0.3 is 9.84 Å². The first-order chi connectivity index (χ1) is 13.9. The number of benzene rings is 2. The number of carbonyl (C=O) groups is 3. The number of hydrogen-bond donors (Lipinski definition) is 2. The van der Waals surface area contributed by atoms with Crippen LogP contribution in [0.5, 0.6) is 5.75 Å². The molecule has 0 bridgehead atoms. The predicted molar refractivity (Wildman–Crippen MR) is 103 cm³/mol. The maximum atomic E-state index is 13.3. The minimum Gasteiger partial charge on any atom is -0.508 e. The van der Waals surface area contributed by atoms with Gasteiger partial charge in [0.2, 0.25) is 11.8 Å². The van der Waals surface area contributed by atoms with Crippen LogP contribution < -0.4 is 5.32 Å². The molecular weight excluding hydrogens is 372 g/mol. The molecule has 0 aromatic heterocycles. The number of ether oxygens (including phenoxy) is 1. The van der Waals surface area contributed by atoms with Crippen molar-refractivity contribution in [2.45, 2.75) is 18.5 Å². The lowest BCUT2D eigenvalue weighted by Crippen LogP contribution is -2.53. The van der Waals surface area contributed by atoms with Crippen LogP contribution in [0.25, 0.3) is 0 Å². The highest BCUT2D eigenvalue weighted by molar-refractivity contribution is 6.09. The van der Waals surface area contributed by atoms with Crippen LogP contribution in [0.1, 0.15) is 24.1 Å². The highest BCUT2D eigenvalue weighted by Crippen LogP contribution is 2.53. The molecule has 0 unspecified atom stereocenters. The maximum absolute atomic E-state index is 13.3. The summed E-state index contributed by atoms with van der Waals surface area (Å²) in [5.41, 5.74) is -0.204. The number of hydrogen-bond acceptors (Lipinski definition) is 6. The molecule has 7 nitrogen and oxygen atoms in total. The number of esters is 1. The number of imide groups is 1. The van der Waals surface area contributed by atoms with Crippen LogP contribution in [-0.2, 0) is 24.7 Å². The van der Waals surface area contributed by atoms with Crippen molar-refractivity contribution in [1.82, 2.24) is 10.2 Å². The van der Waals surface area contributed by atoms with Crippen LogP contribution in [0.3, 0.4) is 0 Å². The number of phenols is 1. The summed E-state index contributed by atoms with van der Waals surface area (Å²) < 4.78 is 5.39. The number of carbonyl (C=O) groups excluding carboxylic acids is 3. The van der Waals surface area contributed by atoms with Gasteiger partial charge in [0.15, 0.2) is 5.54 Å². The first kappa shape index (κ1) is 19.1. The van der Waals surface area contributed by atoms with E-state index in [0.29, 0.717) is 11.1 Å². The minimum absolute atomic E-state index is 0.0916. The van der Waals surface area contributed by atoms with Gasteiger partial charge in [-0.3, -0.25) is 19.8 Å². The highest BCUT2D eigenvalue weighted by atomic mass is 16.5. The minimum atomic E-state index is -1.48. The molecule has 2 amide bonds. The molecule has 29 heavy (non-hydrogen) atoms. The molecule has 4 atom stereocenters. The summed E-state index contributed by atoms with van der Waals surface area (Å²) in [6, 6.07) is 14.7. The quantitative estimate of drug-likeness (QED) is 0.606. The van der Waals surface area contributed by atoms with Crippen LogP contribution in [0.4, 0.5) is 0 Å². The Morgan fingerprint density at radius 2 is 1.76 bits per heavy atom. The van der Waals surface area contributed by atoms with Crippen molar-refractivity contribution in [3.63, 3.8) is 0 Å². The number of nitrogens with one attached hydrogen (secondary N) is 1. The van der Waals surface area contributed by atoms with Gasteiger partial charge in [0.1, 0.15) is 5.75 Å². The van der Waals surface area contributed by atoms with Crippen LogP contribution in [-0.4, -0.2) is 41.4 Å². The third kappa shape index (κ3) is 2.73. The fourth-order valence-electron chi connectivity index (χ4n) is 4.54. The molecule has 2 N–H and O–H groups in total. The van der Waals surface area contributed by atoms with Gasteiger partial charge in [-0.2, -0.15) is 0 Å². The Bertz CT molecular complexity index is 959. The van der Waals surface area contributed by atoms with Crippen LogP contribution >= 0.6 is 0 Å². The predicted octanol–water partition coefficient (Wildman–Crippen LogP) is 1.73. The Morgan fingerprint density at radius 1 is 1.10 bits per heavy atom. The normalized spacial score (nSPS) is 28.5. The van der Waals surface area contributed by atoms with Gasteiger partial charge in [0, 0.05) is 13.1 Å². The van der Waals surface area contributed by atoms with Crippen molar-refractivity contribution in [3.8, 4) is 5.75 Å². The second kappa shape index (κ2) is 7.00. The van der Waals surface area contributed by atoms with Crippen molar-refractivity contribution in [1.29, 1.82) is 0 Å². The molecule has 2 heterocycles. The van der Waals surface area contributed by atoms with Gasteiger partial charge in [-0.05, 0) is 30.2 Å². The average molecular weight is 394 g/mol. The second-order valence-electron chi connectivity index (χ2n) is 7.35. The zero-order chi connectivity index (χ0) is 20.8. The Morgan fingerprint density at radius 3 is 2.38 bits per heavy atom. The van der Waals surface area contributed by atoms with E-state index in [1.807, 2.05) is 6.07 Å². The Hall–Kier alpha value is -3.19. The van der Waals surface area contributed by atoms with Crippen LogP contribution in [0.15, 0.2) is 54.6 Å². The number of aromatic hydroxyl groups is 1. The molecule has 2 aliphatic heterocycles. The first-order valence-corrected chi connectivity index (χ1v) is 9.52. The number of amides is 2. The van der Waals surface area contributed by atoms with Gasteiger partial charge in [-0.15, -0.1) is 0 Å². The SMILES string of the molecule is CCOC(=O)[C@]1(c2ccccc2)N[C@H](c2ccc(O)cc2)[C@H]2C(=O)N(C)C(=O)[C@@H]21. The fourth-order valence-corrected chi connectivity index (χ4v) is 4.54. The van der Waals surface area contributed by atoms with Gasteiger partial charge in [-0.1, -0.05) is 42.5 Å². The number of fused-ring (bicyclic) bond motifs is 1. The lowest BCUT2D eigenvalue weighted by atomic mass is 9.75. The monoisotopic (exact) mass is 394 g/mol. The molecule has 2 fully saturated rings. The Labute approximate surface area is 168 Å². The average Bonchev–Trinajstić information content (AvgIpc) is 3.20. The molecule has 0 radical (unpaired) electrons.